The molecular formula is C18H20N2O4. The van der Waals surface area contributed by atoms with Crippen LogP contribution in [-0.2, 0) is 0 Å². The zero-order chi connectivity index (χ0) is 17.7. The molecule has 126 valence electrons. The van der Waals surface area contributed by atoms with Gasteiger partial charge < -0.3 is 9.84 Å². The molecule has 1 N–H and O–H groups in total. The second-order valence-electron chi connectivity index (χ2n) is 5.47. The molecular weight excluding hydrogens is 308 g/mol. The molecule has 0 fully saturated rings. The quantitative estimate of drug-likeness (QED) is 0.478. The van der Waals surface area contributed by atoms with E-state index in [-0.39, 0.29) is 22.7 Å². The molecule has 0 aliphatic heterocycles. The number of nitro benzene ring substituents is 1. The van der Waals surface area contributed by atoms with Crippen LogP contribution in [0.25, 0.3) is 0 Å². The number of ether oxygens (including phenoxy) is 1. The van der Waals surface area contributed by atoms with E-state index in [1.165, 1.54) is 25.5 Å². The van der Waals surface area contributed by atoms with E-state index >= 15 is 0 Å². The smallest absolute Gasteiger partial charge is 0.274 e. The van der Waals surface area contributed by atoms with Gasteiger partial charge in [0.05, 0.1) is 23.8 Å². The van der Waals surface area contributed by atoms with Crippen LogP contribution < -0.4 is 4.74 Å². The molecule has 0 saturated heterocycles. The number of nitrogens with zero attached hydrogens (tertiary/aromatic N) is 2. The summed E-state index contributed by atoms with van der Waals surface area (Å²) in [5.74, 6) is 0.209. The zero-order valence-corrected chi connectivity index (χ0v) is 13.9. The third kappa shape index (κ3) is 3.71. The summed E-state index contributed by atoms with van der Waals surface area (Å²) in [7, 11) is 1.35. The van der Waals surface area contributed by atoms with Crippen molar-refractivity contribution in [2.75, 3.05) is 7.11 Å². The maximum atomic E-state index is 11.0. The first-order valence-electron chi connectivity index (χ1n) is 7.66. The summed E-state index contributed by atoms with van der Waals surface area (Å²) in [4.78, 5) is 14.9. The van der Waals surface area contributed by atoms with Gasteiger partial charge in [0.1, 0.15) is 0 Å². The average Bonchev–Trinajstić information content (AvgIpc) is 2.60. The van der Waals surface area contributed by atoms with E-state index < -0.39 is 4.92 Å². The van der Waals surface area contributed by atoms with Gasteiger partial charge in [-0.2, -0.15) is 0 Å². The van der Waals surface area contributed by atoms with Crippen LogP contribution in [0, 0.1) is 10.1 Å². The molecule has 0 unspecified atom stereocenters. The third-order valence-corrected chi connectivity index (χ3v) is 3.94. The van der Waals surface area contributed by atoms with Crippen molar-refractivity contribution in [2.45, 2.75) is 26.2 Å². The zero-order valence-electron chi connectivity index (χ0n) is 13.9. The van der Waals surface area contributed by atoms with Crippen molar-refractivity contribution in [1.82, 2.24) is 0 Å². The van der Waals surface area contributed by atoms with E-state index in [0.717, 1.165) is 17.7 Å². The number of aliphatic imine (C=N–C) groups is 1. The molecule has 0 aliphatic rings. The van der Waals surface area contributed by atoms with Crippen molar-refractivity contribution in [3.05, 3.63) is 57.6 Å². The first-order valence-corrected chi connectivity index (χ1v) is 7.66. The highest BCUT2D eigenvalue weighted by molar-refractivity contribution is 5.88. The largest absolute Gasteiger partial charge is 0.504 e. The number of benzene rings is 2. The molecule has 1 atom stereocenters. The summed E-state index contributed by atoms with van der Waals surface area (Å²) in [6.07, 6.45) is 2.40. The van der Waals surface area contributed by atoms with Crippen molar-refractivity contribution in [3.63, 3.8) is 0 Å². The van der Waals surface area contributed by atoms with E-state index in [1.54, 1.807) is 0 Å². The van der Waals surface area contributed by atoms with E-state index in [2.05, 4.69) is 18.8 Å². The fourth-order valence-corrected chi connectivity index (χ4v) is 2.35. The molecule has 0 aliphatic carbocycles. The number of aromatic hydroxyl groups is 1. The number of methoxy groups -OCH3 is 1. The molecule has 2 aromatic carbocycles. The lowest BCUT2D eigenvalue weighted by Crippen LogP contribution is -1.95. The Morgan fingerprint density at radius 1 is 1.38 bits per heavy atom. The minimum Gasteiger partial charge on any atom is -0.504 e. The number of rotatable bonds is 6. The molecule has 0 aromatic heterocycles. The van der Waals surface area contributed by atoms with Gasteiger partial charge in [-0.15, -0.1) is 0 Å². The lowest BCUT2D eigenvalue weighted by Gasteiger charge is -2.11. The Bertz CT molecular complexity index is 772. The molecule has 6 nitrogen and oxygen atoms in total. The highest BCUT2D eigenvalue weighted by Crippen LogP contribution is 2.34. The van der Waals surface area contributed by atoms with Gasteiger partial charge in [-0.05, 0) is 24.0 Å². The van der Waals surface area contributed by atoms with E-state index in [9.17, 15) is 15.2 Å². The monoisotopic (exact) mass is 328 g/mol. The summed E-state index contributed by atoms with van der Waals surface area (Å²) >= 11 is 0. The Kier molecular flexibility index (Phi) is 5.52. The Morgan fingerprint density at radius 3 is 2.71 bits per heavy atom. The summed E-state index contributed by atoms with van der Waals surface area (Å²) < 4.78 is 4.99. The second-order valence-corrected chi connectivity index (χ2v) is 5.47. The van der Waals surface area contributed by atoms with E-state index in [4.69, 9.17) is 4.74 Å². The van der Waals surface area contributed by atoms with Crippen LogP contribution in [0.1, 0.15) is 37.3 Å². The SMILES string of the molecule is CC[C@@H](C)c1ccccc1N=Cc1cc([N+](=O)[O-])cc(OC)c1O. The van der Waals surface area contributed by atoms with Crippen molar-refractivity contribution < 1.29 is 14.8 Å². The fraction of sp³-hybridized carbons (Fsp3) is 0.278. The van der Waals surface area contributed by atoms with Crippen LogP contribution in [0.4, 0.5) is 11.4 Å². The van der Waals surface area contributed by atoms with Crippen LogP contribution in [0.5, 0.6) is 11.5 Å². The van der Waals surface area contributed by atoms with Crippen LogP contribution in [0.15, 0.2) is 41.4 Å². The molecule has 0 saturated carbocycles. The number of non-ortho nitro benzene ring substituents is 1. The molecule has 0 radical (unpaired) electrons. The number of para-hydroxylation sites is 1. The molecule has 0 spiro atoms. The first-order chi connectivity index (χ1) is 11.5. The Labute approximate surface area is 140 Å². The minimum atomic E-state index is -0.535. The second kappa shape index (κ2) is 7.59. The maximum Gasteiger partial charge on any atom is 0.274 e. The third-order valence-electron chi connectivity index (χ3n) is 3.94. The van der Waals surface area contributed by atoms with Crippen LogP contribution >= 0.6 is 0 Å². The van der Waals surface area contributed by atoms with Crippen molar-refractivity contribution >= 4 is 17.6 Å². The Hall–Kier alpha value is -2.89. The molecule has 2 rings (SSSR count). The van der Waals surface area contributed by atoms with Gasteiger partial charge in [0.25, 0.3) is 5.69 Å². The van der Waals surface area contributed by atoms with E-state index in [0.29, 0.717) is 5.92 Å². The fourth-order valence-electron chi connectivity index (χ4n) is 2.35. The lowest BCUT2D eigenvalue weighted by atomic mass is 9.97. The molecule has 2 aromatic rings. The molecule has 0 amide bonds. The molecule has 0 heterocycles. The van der Waals surface area contributed by atoms with Crippen LogP contribution in [0.3, 0.4) is 0 Å². The standard InChI is InChI=1S/C18H20N2O4/c1-4-12(2)15-7-5-6-8-16(15)19-11-13-9-14(20(22)23)10-17(24-3)18(13)21/h5-12,21H,4H2,1-3H3/t12-/m1/s1. The van der Waals surface area contributed by atoms with Gasteiger partial charge in [0.15, 0.2) is 11.5 Å². The van der Waals surface area contributed by atoms with Gasteiger partial charge in [-0.3, -0.25) is 15.1 Å². The maximum absolute atomic E-state index is 11.0. The van der Waals surface area contributed by atoms with Gasteiger partial charge in [-0.25, -0.2) is 0 Å². The van der Waals surface area contributed by atoms with Crippen molar-refractivity contribution in [3.8, 4) is 11.5 Å². The number of phenolic OH excluding ortho intramolecular Hbond substituents is 1. The highest BCUT2D eigenvalue weighted by Gasteiger charge is 2.16. The normalized spacial score (nSPS) is 12.3. The van der Waals surface area contributed by atoms with Gasteiger partial charge in [0, 0.05) is 17.8 Å². The Balaban J connectivity index is 2.46. The summed E-state index contributed by atoms with van der Waals surface area (Å²) in [6, 6.07) is 10.2. The Morgan fingerprint density at radius 2 is 2.08 bits per heavy atom. The van der Waals surface area contributed by atoms with Crippen LogP contribution in [0.2, 0.25) is 0 Å². The molecule has 24 heavy (non-hydrogen) atoms. The number of phenols is 1. The summed E-state index contributed by atoms with van der Waals surface area (Å²) in [6.45, 7) is 4.21. The minimum absolute atomic E-state index is 0.0425. The predicted octanol–water partition coefficient (Wildman–Crippen LogP) is 4.57. The summed E-state index contributed by atoms with van der Waals surface area (Å²) in [5, 5.41) is 21.2. The molecule has 0 bridgehead atoms. The first kappa shape index (κ1) is 17.5. The number of hydrogen-bond acceptors (Lipinski definition) is 5. The van der Waals surface area contributed by atoms with Gasteiger partial charge >= 0.3 is 0 Å². The average molecular weight is 328 g/mol. The van der Waals surface area contributed by atoms with Gasteiger partial charge in [-0.1, -0.05) is 32.0 Å². The van der Waals surface area contributed by atoms with Crippen molar-refractivity contribution in [2.24, 2.45) is 4.99 Å². The topological polar surface area (TPSA) is 85.0 Å². The van der Waals surface area contributed by atoms with Gasteiger partial charge in [0.2, 0.25) is 0 Å². The number of hydrogen-bond donors (Lipinski definition) is 1. The lowest BCUT2D eigenvalue weighted by molar-refractivity contribution is -0.385. The summed E-state index contributed by atoms with van der Waals surface area (Å²) in [5.41, 5.74) is 1.94. The molecule has 6 heteroatoms. The predicted molar refractivity (Wildman–Crippen MR) is 93.7 cm³/mol. The van der Waals surface area contributed by atoms with E-state index in [1.807, 2.05) is 24.3 Å². The number of nitro groups is 1. The van der Waals surface area contributed by atoms with Crippen LogP contribution in [-0.4, -0.2) is 23.4 Å². The highest BCUT2D eigenvalue weighted by atomic mass is 16.6. The van der Waals surface area contributed by atoms with Crippen molar-refractivity contribution in [1.29, 1.82) is 0 Å².